The third-order valence-electron chi connectivity index (χ3n) is 3.60. The first-order valence-corrected chi connectivity index (χ1v) is 8.52. The molecule has 0 fully saturated rings. The fourth-order valence-corrected chi connectivity index (χ4v) is 2.31. The van der Waals surface area contributed by atoms with Crippen LogP contribution in [-0.4, -0.2) is 17.5 Å². The molecule has 1 N–H and O–H groups in total. The first-order chi connectivity index (χ1) is 10.6. The maximum absolute atomic E-state index is 10.8. The highest BCUT2D eigenvalue weighted by molar-refractivity contribution is 5.75. The van der Waals surface area contributed by atoms with Gasteiger partial charge in [0.05, 0.1) is 0 Å². The Balaban J connectivity index is 3.38. The van der Waals surface area contributed by atoms with Crippen LogP contribution < -0.4 is 0 Å². The van der Waals surface area contributed by atoms with Gasteiger partial charge in [-0.15, -0.1) is 0 Å². The van der Waals surface area contributed by atoms with E-state index in [1.807, 2.05) is 0 Å². The number of ketones is 1. The summed E-state index contributed by atoms with van der Waals surface area (Å²) in [5.74, 6) is 0.277. The van der Waals surface area contributed by atoms with Crippen molar-refractivity contribution < 1.29 is 12.6 Å². The smallest absolute Gasteiger partial charge is 0.129 e. The topological polar surface area (TPSA) is 37.3 Å². The molecule has 0 aliphatic rings. The molecule has 0 aromatic rings. The zero-order valence-corrected chi connectivity index (χ0v) is 13.4. The maximum atomic E-state index is 10.8. The Hall–Kier alpha value is -0.370. The third-order valence-corrected chi connectivity index (χ3v) is 3.60. The van der Waals surface area contributed by atoms with E-state index < -0.39 is 0 Å². The molecule has 0 heterocycles. The quantitative estimate of drug-likeness (QED) is 0.385. The molecule has 2 nitrogen and oxygen atoms in total. The fourth-order valence-electron chi connectivity index (χ4n) is 2.31. The van der Waals surface area contributed by atoms with Gasteiger partial charge in [-0.25, -0.2) is 0 Å². The highest BCUT2D eigenvalue weighted by Gasteiger charge is 1.95. The van der Waals surface area contributed by atoms with Crippen LogP contribution in [0.25, 0.3) is 0 Å². The first kappa shape index (κ1) is 16.0. The molecule has 20 heavy (non-hydrogen) atoms. The Morgan fingerprint density at radius 1 is 0.750 bits per heavy atom. The van der Waals surface area contributed by atoms with Crippen molar-refractivity contribution in [2.24, 2.45) is 0 Å². The molecule has 120 valence electrons. The van der Waals surface area contributed by atoms with Crippen molar-refractivity contribution in [2.75, 3.05) is 6.61 Å². The molecule has 0 radical (unpaired) electrons. The van der Waals surface area contributed by atoms with E-state index in [0.29, 0.717) is 6.42 Å². The zero-order valence-electron chi connectivity index (χ0n) is 15.4. The predicted molar refractivity (Wildman–Crippen MR) is 87.0 cm³/mol. The molecular weight excluding hydrogens is 248 g/mol. The summed E-state index contributed by atoms with van der Waals surface area (Å²) in [6, 6.07) is 0. The number of hydrogen-bond donors (Lipinski definition) is 1. The Morgan fingerprint density at radius 2 is 1.15 bits per heavy atom. The average Bonchev–Trinajstić information content (AvgIpc) is 2.49. The van der Waals surface area contributed by atoms with Gasteiger partial charge in [0, 0.05) is 15.8 Å². The van der Waals surface area contributed by atoms with Crippen molar-refractivity contribution in [3.8, 4) is 0 Å². The van der Waals surface area contributed by atoms with Crippen LogP contribution in [0, 0.1) is 0 Å². The fraction of sp³-hybridized carbons (Fsp3) is 0.944. The molecule has 0 bridgehead atoms. The van der Waals surface area contributed by atoms with Crippen LogP contribution in [0.5, 0.6) is 0 Å². The number of carbonyl (C=O) groups excluding carboxylic acids is 1. The highest BCUT2D eigenvalue weighted by atomic mass is 16.2. The Kier molecular flexibility index (Phi) is 13.4. The lowest BCUT2D eigenvalue weighted by molar-refractivity contribution is -0.117. The largest absolute Gasteiger partial charge is 0.396 e. The van der Waals surface area contributed by atoms with Crippen LogP contribution in [0.3, 0.4) is 0 Å². The van der Waals surface area contributed by atoms with E-state index in [-0.39, 0.29) is 25.2 Å². The second-order valence-corrected chi connectivity index (χ2v) is 5.76. The summed E-state index contributed by atoms with van der Waals surface area (Å²) in [4.78, 5) is 10.8. The number of unbranched alkanes of at least 4 members (excludes halogenated alkanes) is 8. The summed E-state index contributed by atoms with van der Waals surface area (Å²) >= 11 is 0. The number of Topliss-reactive ketones (excluding diaryl/α,β-unsaturated/α-hetero) is 1. The Labute approximate surface area is 129 Å². The van der Waals surface area contributed by atoms with Gasteiger partial charge in [-0.1, -0.05) is 77.0 Å². The number of aliphatic hydroxyl groups excluding tert-OH is 1. The van der Waals surface area contributed by atoms with Crippen molar-refractivity contribution in [1.29, 1.82) is 0 Å². The Morgan fingerprint density at radius 3 is 1.60 bits per heavy atom. The van der Waals surface area contributed by atoms with Crippen LogP contribution in [0.15, 0.2) is 0 Å². The van der Waals surface area contributed by atoms with Crippen LogP contribution in [0.1, 0.15) is 106 Å². The normalized spacial score (nSPS) is 15.5. The van der Waals surface area contributed by atoms with E-state index in [4.69, 9.17) is 7.85 Å². The number of aliphatic hydroxyl groups is 1. The van der Waals surface area contributed by atoms with E-state index >= 15 is 0 Å². The molecule has 0 aromatic heterocycles. The van der Waals surface area contributed by atoms with Crippen LogP contribution in [0.2, 0.25) is 0 Å². The molecule has 2 unspecified atom stereocenters. The van der Waals surface area contributed by atoms with Gasteiger partial charge in [-0.2, -0.15) is 0 Å². The SMILES string of the molecule is [2H]C(CCCCCCCO)C([2H])CCCCCCCC(C)=O. The van der Waals surface area contributed by atoms with E-state index in [9.17, 15) is 4.79 Å². The van der Waals surface area contributed by atoms with Crippen molar-refractivity contribution in [3.63, 3.8) is 0 Å². The summed E-state index contributed by atoms with van der Waals surface area (Å²) in [5, 5.41) is 8.69. The molecule has 0 aliphatic carbocycles. The monoisotopic (exact) mass is 286 g/mol. The molecule has 0 aliphatic heterocycles. The highest BCUT2D eigenvalue weighted by Crippen LogP contribution is 2.13. The summed E-state index contributed by atoms with van der Waals surface area (Å²) in [6.07, 6.45) is 12.6. The molecule has 0 saturated carbocycles. The molecule has 0 saturated heterocycles. The lowest BCUT2D eigenvalue weighted by Crippen LogP contribution is -1.89. The van der Waals surface area contributed by atoms with Gasteiger partial charge in [-0.3, -0.25) is 0 Å². The second kappa shape index (κ2) is 16.7. The van der Waals surface area contributed by atoms with Crippen LogP contribution in [0.4, 0.5) is 0 Å². The molecule has 2 heteroatoms. The predicted octanol–water partition coefficient (Wildman–Crippen LogP) is 5.42. The zero-order chi connectivity index (χ0) is 16.6. The lowest BCUT2D eigenvalue weighted by atomic mass is 10.0. The van der Waals surface area contributed by atoms with Crippen LogP contribution in [-0.2, 0) is 4.79 Å². The number of rotatable bonds is 16. The van der Waals surface area contributed by atoms with E-state index in [1.54, 1.807) is 6.92 Å². The van der Waals surface area contributed by atoms with Gasteiger partial charge in [0.25, 0.3) is 0 Å². The van der Waals surface area contributed by atoms with Gasteiger partial charge in [0.2, 0.25) is 0 Å². The van der Waals surface area contributed by atoms with E-state index in [2.05, 4.69) is 0 Å². The Bertz CT molecular complexity index is 259. The summed E-state index contributed by atoms with van der Waals surface area (Å²) in [7, 11) is 0. The van der Waals surface area contributed by atoms with Crippen molar-refractivity contribution in [3.05, 3.63) is 0 Å². The summed E-state index contributed by atoms with van der Waals surface area (Å²) in [6.45, 7) is 1.93. The second-order valence-electron chi connectivity index (χ2n) is 5.76. The minimum absolute atomic E-state index is 0.240. The number of hydrogen-bond acceptors (Lipinski definition) is 2. The first-order valence-electron chi connectivity index (χ1n) is 9.68. The third kappa shape index (κ3) is 17.6. The van der Waals surface area contributed by atoms with Gasteiger partial charge >= 0.3 is 0 Å². The molecule has 0 spiro atoms. The van der Waals surface area contributed by atoms with Crippen molar-refractivity contribution in [2.45, 2.75) is 103 Å². The standard InChI is InChI=1S/C18H36O2/c1-18(20)16-14-12-10-8-6-4-2-3-5-7-9-11-13-15-17-19/h19H,2-17H2,1H3/i2D,3D. The molecule has 0 rings (SSSR count). The maximum Gasteiger partial charge on any atom is 0.129 e. The average molecular weight is 286 g/mol. The van der Waals surface area contributed by atoms with E-state index in [1.165, 1.54) is 0 Å². The summed E-state index contributed by atoms with van der Waals surface area (Å²) < 4.78 is 16.1. The van der Waals surface area contributed by atoms with Crippen LogP contribution >= 0.6 is 0 Å². The van der Waals surface area contributed by atoms with Gasteiger partial charge in [-0.05, 0) is 19.8 Å². The van der Waals surface area contributed by atoms with Crippen molar-refractivity contribution >= 4 is 5.78 Å². The minimum atomic E-state index is -0.241. The van der Waals surface area contributed by atoms with Gasteiger partial charge in [0.15, 0.2) is 0 Å². The van der Waals surface area contributed by atoms with Gasteiger partial charge in [0.1, 0.15) is 5.78 Å². The van der Waals surface area contributed by atoms with E-state index in [0.717, 1.165) is 77.0 Å². The molecule has 2 atom stereocenters. The molecule has 0 amide bonds. The molecular formula is C18H36O2. The lowest BCUT2D eigenvalue weighted by Gasteiger charge is -2.03. The molecule has 0 aromatic carbocycles. The van der Waals surface area contributed by atoms with Gasteiger partial charge < -0.3 is 9.90 Å². The summed E-state index contributed by atoms with van der Waals surface area (Å²) in [5.41, 5.74) is 0. The van der Waals surface area contributed by atoms with Crippen molar-refractivity contribution in [1.82, 2.24) is 0 Å². The number of carbonyl (C=O) groups is 1. The minimum Gasteiger partial charge on any atom is -0.396 e.